The number of nitrogens with zero attached hydrogens (tertiary/aromatic N) is 3. The largest absolute Gasteiger partial charge is 0.384 e. The van der Waals surface area contributed by atoms with Crippen LogP contribution in [0.3, 0.4) is 0 Å². The van der Waals surface area contributed by atoms with Crippen molar-refractivity contribution < 1.29 is 4.79 Å². The first kappa shape index (κ1) is 22.6. The smallest absolute Gasteiger partial charge is 0.272 e. The van der Waals surface area contributed by atoms with Crippen LogP contribution in [0, 0.1) is 32.1 Å². The van der Waals surface area contributed by atoms with E-state index in [2.05, 4.69) is 21.8 Å². The van der Waals surface area contributed by atoms with Gasteiger partial charge in [-0.3, -0.25) is 9.59 Å². The maximum Gasteiger partial charge on any atom is 0.272 e. The summed E-state index contributed by atoms with van der Waals surface area (Å²) < 4.78 is 1.38. The Morgan fingerprint density at radius 1 is 1.09 bits per heavy atom. The van der Waals surface area contributed by atoms with E-state index in [0.717, 1.165) is 27.9 Å². The van der Waals surface area contributed by atoms with Crippen molar-refractivity contribution in [1.29, 1.82) is 5.26 Å². The minimum Gasteiger partial charge on any atom is -0.384 e. The molecule has 0 radical (unpaired) electrons. The first-order valence-corrected chi connectivity index (χ1v) is 10.2. The molecule has 0 spiro atoms. The van der Waals surface area contributed by atoms with Gasteiger partial charge in [0.25, 0.3) is 5.56 Å². The Bertz CT molecular complexity index is 1220. The van der Waals surface area contributed by atoms with Gasteiger partial charge in [0.1, 0.15) is 5.82 Å². The highest BCUT2D eigenvalue weighted by molar-refractivity contribution is 5.78. The van der Waals surface area contributed by atoms with Crippen molar-refractivity contribution in [3.8, 4) is 6.07 Å². The number of hydrogen-bond acceptors (Lipinski definition) is 6. The van der Waals surface area contributed by atoms with Gasteiger partial charge in [-0.25, -0.2) is 9.66 Å². The molecule has 0 saturated heterocycles. The minimum absolute atomic E-state index is 0.0233. The van der Waals surface area contributed by atoms with E-state index in [0.29, 0.717) is 30.0 Å². The number of hydrogen-bond donors (Lipinski definition) is 3. The van der Waals surface area contributed by atoms with Crippen LogP contribution in [0.5, 0.6) is 0 Å². The number of rotatable bonds is 7. The molecule has 0 aliphatic carbocycles. The number of aromatic nitrogens is 2. The van der Waals surface area contributed by atoms with Crippen molar-refractivity contribution in [3.63, 3.8) is 0 Å². The highest BCUT2D eigenvalue weighted by Gasteiger charge is 2.13. The highest BCUT2D eigenvalue weighted by Crippen LogP contribution is 2.14. The van der Waals surface area contributed by atoms with Crippen molar-refractivity contribution >= 4 is 11.7 Å². The first-order chi connectivity index (χ1) is 15.3. The van der Waals surface area contributed by atoms with Gasteiger partial charge < -0.3 is 16.5 Å². The third-order valence-corrected chi connectivity index (χ3v) is 5.34. The van der Waals surface area contributed by atoms with Crippen molar-refractivity contribution in [1.82, 2.24) is 15.0 Å². The van der Waals surface area contributed by atoms with Crippen LogP contribution in [0.4, 0.5) is 5.82 Å². The summed E-state index contributed by atoms with van der Waals surface area (Å²) in [5.74, 6) is 0.203. The van der Waals surface area contributed by atoms with Crippen LogP contribution in [0.15, 0.2) is 47.4 Å². The zero-order chi connectivity index (χ0) is 23.3. The maximum atomic E-state index is 12.9. The first-order valence-electron chi connectivity index (χ1n) is 10.2. The zero-order valence-corrected chi connectivity index (χ0v) is 18.4. The zero-order valence-electron chi connectivity index (χ0n) is 18.4. The molecule has 0 unspecified atom stereocenters. The quantitative estimate of drug-likeness (QED) is 0.528. The van der Waals surface area contributed by atoms with Crippen LogP contribution in [0.2, 0.25) is 0 Å². The fourth-order valence-corrected chi connectivity index (χ4v) is 3.45. The van der Waals surface area contributed by atoms with Gasteiger partial charge in [0.15, 0.2) is 0 Å². The second kappa shape index (κ2) is 9.79. The summed E-state index contributed by atoms with van der Waals surface area (Å²) in [4.78, 5) is 29.7. The predicted octanol–water partition coefficient (Wildman–Crippen LogP) is 2.23. The molecule has 3 rings (SSSR count). The molecule has 0 atom stereocenters. The number of nitrogen functional groups attached to an aromatic ring is 1. The number of carbonyl (C=O) groups excluding carboxylic acids is 1. The number of anilines is 1. The summed E-state index contributed by atoms with van der Waals surface area (Å²) in [6.07, 6.45) is 1.63. The summed E-state index contributed by atoms with van der Waals surface area (Å²) in [7, 11) is 0. The molecule has 0 saturated carbocycles. The Kier molecular flexibility index (Phi) is 6.90. The second-order valence-corrected chi connectivity index (χ2v) is 7.68. The fourth-order valence-electron chi connectivity index (χ4n) is 3.45. The van der Waals surface area contributed by atoms with E-state index in [1.54, 1.807) is 30.5 Å². The van der Waals surface area contributed by atoms with E-state index in [-0.39, 0.29) is 17.9 Å². The van der Waals surface area contributed by atoms with E-state index < -0.39 is 0 Å². The molecule has 2 aromatic heterocycles. The molecule has 0 aliphatic heterocycles. The van der Waals surface area contributed by atoms with Gasteiger partial charge in [-0.1, -0.05) is 12.1 Å². The maximum absolute atomic E-state index is 12.9. The van der Waals surface area contributed by atoms with Crippen molar-refractivity contribution in [2.45, 2.75) is 40.3 Å². The van der Waals surface area contributed by atoms with E-state index in [4.69, 9.17) is 11.0 Å². The van der Waals surface area contributed by atoms with Crippen LogP contribution >= 0.6 is 0 Å². The van der Waals surface area contributed by atoms with Gasteiger partial charge in [-0.05, 0) is 67.3 Å². The van der Waals surface area contributed by atoms with Crippen molar-refractivity contribution in [2.75, 3.05) is 11.2 Å². The van der Waals surface area contributed by atoms with Crippen LogP contribution in [0.25, 0.3) is 0 Å². The molecular weight excluding hydrogens is 404 g/mol. The Labute approximate surface area is 186 Å². The monoisotopic (exact) mass is 430 g/mol. The third kappa shape index (κ3) is 5.32. The van der Waals surface area contributed by atoms with Gasteiger partial charge in [0.05, 0.1) is 24.6 Å². The Balaban J connectivity index is 1.68. The number of nitrogens with one attached hydrogen (secondary N) is 2. The van der Waals surface area contributed by atoms with E-state index in [1.807, 2.05) is 32.9 Å². The molecular formula is C24H26N6O2. The van der Waals surface area contributed by atoms with E-state index >= 15 is 0 Å². The van der Waals surface area contributed by atoms with Crippen LogP contribution in [-0.2, 0) is 24.3 Å². The Hall–Kier alpha value is -4.12. The van der Waals surface area contributed by atoms with Gasteiger partial charge >= 0.3 is 0 Å². The third-order valence-electron chi connectivity index (χ3n) is 5.34. The van der Waals surface area contributed by atoms with E-state index in [1.165, 1.54) is 4.68 Å². The van der Waals surface area contributed by atoms with Gasteiger partial charge in [0.2, 0.25) is 5.91 Å². The molecule has 8 heteroatoms. The van der Waals surface area contributed by atoms with Crippen molar-refractivity contribution in [3.05, 3.63) is 92.0 Å². The number of pyridine rings is 2. The fraction of sp³-hybridized carbons (Fsp3) is 0.250. The molecule has 2 heterocycles. The number of nitriles is 1. The molecule has 0 bridgehead atoms. The number of carbonyl (C=O) groups is 1. The summed E-state index contributed by atoms with van der Waals surface area (Å²) in [5.41, 5.74) is 13.9. The number of amides is 1. The summed E-state index contributed by atoms with van der Waals surface area (Å²) >= 11 is 0. The van der Waals surface area contributed by atoms with Gasteiger partial charge in [0, 0.05) is 24.0 Å². The Morgan fingerprint density at radius 3 is 2.47 bits per heavy atom. The lowest BCUT2D eigenvalue weighted by Crippen LogP contribution is -2.34. The number of aryl methyl sites for hydroxylation is 3. The normalized spacial score (nSPS) is 10.4. The van der Waals surface area contributed by atoms with Crippen LogP contribution < -0.4 is 22.0 Å². The molecule has 1 amide bonds. The van der Waals surface area contributed by atoms with Crippen LogP contribution in [0.1, 0.15) is 39.1 Å². The summed E-state index contributed by atoms with van der Waals surface area (Å²) in [6, 6.07) is 12.8. The lowest BCUT2D eigenvalue weighted by atomic mass is 10.1. The van der Waals surface area contributed by atoms with E-state index in [9.17, 15) is 9.59 Å². The minimum atomic E-state index is -0.268. The molecule has 4 N–H and O–H groups in total. The average molecular weight is 431 g/mol. The number of nitrogens with two attached hydrogens (primary N) is 1. The second-order valence-electron chi connectivity index (χ2n) is 7.68. The SMILES string of the molecule is Cc1cc(N)nc(C)c1CNC(=O)Cc1c(C)ccn(NCc2ccc(C#N)cc2)c1=O. The standard InChI is InChI=1S/C24H26N6O2/c1-15-8-9-30(28-13-19-6-4-18(12-25)5-7-19)24(32)20(15)11-23(31)27-14-21-16(2)10-22(26)29-17(21)3/h4-10,28H,11,13-14H2,1-3H3,(H2,26,29)(H,27,31). The average Bonchev–Trinajstić information content (AvgIpc) is 2.75. The number of benzene rings is 1. The van der Waals surface area contributed by atoms with Crippen molar-refractivity contribution in [2.24, 2.45) is 0 Å². The molecule has 3 aromatic rings. The summed E-state index contributed by atoms with van der Waals surface area (Å²) in [5, 5.41) is 11.8. The molecule has 0 fully saturated rings. The molecule has 0 aliphatic rings. The van der Waals surface area contributed by atoms with Crippen LogP contribution in [-0.4, -0.2) is 15.6 Å². The predicted molar refractivity (Wildman–Crippen MR) is 123 cm³/mol. The summed E-state index contributed by atoms with van der Waals surface area (Å²) in [6.45, 7) is 6.31. The molecule has 8 nitrogen and oxygen atoms in total. The molecule has 164 valence electrons. The lowest BCUT2D eigenvalue weighted by Gasteiger charge is -2.14. The van der Waals surface area contributed by atoms with Gasteiger partial charge in [-0.15, -0.1) is 0 Å². The molecule has 1 aromatic carbocycles. The Morgan fingerprint density at radius 2 is 1.81 bits per heavy atom. The topological polar surface area (TPSA) is 126 Å². The molecule has 32 heavy (non-hydrogen) atoms. The highest BCUT2D eigenvalue weighted by atomic mass is 16.2. The van der Waals surface area contributed by atoms with Gasteiger partial charge in [-0.2, -0.15) is 5.26 Å². The lowest BCUT2D eigenvalue weighted by molar-refractivity contribution is -0.120.